The summed E-state index contributed by atoms with van der Waals surface area (Å²) in [7, 11) is -1.97. The summed E-state index contributed by atoms with van der Waals surface area (Å²) in [5.74, 6) is 1.26. The largest absolute Gasteiger partial charge is 0.497 e. The Kier molecular flexibility index (Phi) is 7.03. The van der Waals surface area contributed by atoms with Crippen molar-refractivity contribution in [3.63, 3.8) is 0 Å². The van der Waals surface area contributed by atoms with Crippen LogP contribution in [0.1, 0.15) is 50.3 Å². The number of benzene rings is 2. The van der Waals surface area contributed by atoms with E-state index in [0.717, 1.165) is 23.1 Å². The van der Waals surface area contributed by atoms with E-state index in [0.29, 0.717) is 24.3 Å². The number of hydrogen-bond acceptors (Lipinski definition) is 5. The van der Waals surface area contributed by atoms with E-state index < -0.39 is 15.6 Å². The van der Waals surface area contributed by atoms with Crippen LogP contribution in [-0.2, 0) is 14.8 Å². The summed E-state index contributed by atoms with van der Waals surface area (Å²) in [5, 5.41) is 3.11. The van der Waals surface area contributed by atoms with E-state index in [-0.39, 0.29) is 24.9 Å². The van der Waals surface area contributed by atoms with Gasteiger partial charge in [-0.1, -0.05) is 18.2 Å². The summed E-state index contributed by atoms with van der Waals surface area (Å²) in [5.41, 5.74) is 2.20. The SMILES string of the molecule is COc1cccc(N(CCCC(=O)N[C@H]2CC(C)(C)Oc3cc(C)ccc32)S(C)(=O)=O)c1. The van der Waals surface area contributed by atoms with Crippen LogP contribution in [0, 0.1) is 6.92 Å². The van der Waals surface area contributed by atoms with Gasteiger partial charge >= 0.3 is 0 Å². The summed E-state index contributed by atoms with van der Waals surface area (Å²) in [4.78, 5) is 12.7. The third-order valence-electron chi connectivity index (χ3n) is 5.47. The zero-order valence-corrected chi connectivity index (χ0v) is 20.2. The van der Waals surface area contributed by atoms with Crippen molar-refractivity contribution in [2.75, 3.05) is 24.2 Å². The van der Waals surface area contributed by atoms with Crippen LogP contribution in [0.15, 0.2) is 42.5 Å². The molecule has 174 valence electrons. The third-order valence-corrected chi connectivity index (χ3v) is 6.66. The molecule has 1 aliphatic rings. The second-order valence-corrected chi connectivity index (χ2v) is 10.8. The Bertz CT molecular complexity index is 1080. The molecule has 0 saturated heterocycles. The highest BCUT2D eigenvalue weighted by atomic mass is 32.2. The number of aryl methyl sites for hydroxylation is 1. The van der Waals surface area contributed by atoms with Crippen LogP contribution in [0.3, 0.4) is 0 Å². The van der Waals surface area contributed by atoms with Crippen molar-refractivity contribution in [3.8, 4) is 11.5 Å². The average molecular weight is 461 g/mol. The number of fused-ring (bicyclic) bond motifs is 1. The maximum Gasteiger partial charge on any atom is 0.232 e. The Morgan fingerprint density at radius 2 is 2.00 bits per heavy atom. The van der Waals surface area contributed by atoms with Gasteiger partial charge < -0.3 is 14.8 Å². The lowest BCUT2D eigenvalue weighted by Gasteiger charge is -2.38. The highest BCUT2D eigenvalue weighted by Gasteiger charge is 2.34. The fourth-order valence-corrected chi connectivity index (χ4v) is 4.95. The Hall–Kier alpha value is -2.74. The Morgan fingerprint density at radius 3 is 2.69 bits per heavy atom. The molecule has 1 aliphatic heterocycles. The van der Waals surface area contributed by atoms with Gasteiger partial charge in [-0.05, 0) is 51.0 Å². The molecule has 3 rings (SSSR count). The molecule has 0 spiro atoms. The second kappa shape index (κ2) is 9.40. The molecule has 2 aromatic rings. The van der Waals surface area contributed by atoms with Crippen LogP contribution in [0.5, 0.6) is 11.5 Å². The number of methoxy groups -OCH3 is 1. The van der Waals surface area contributed by atoms with E-state index in [1.807, 2.05) is 39.0 Å². The normalized spacial score (nSPS) is 17.1. The number of rotatable bonds is 8. The molecule has 0 unspecified atom stereocenters. The van der Waals surface area contributed by atoms with E-state index >= 15 is 0 Å². The molecular formula is C24H32N2O5S. The quantitative estimate of drug-likeness (QED) is 0.644. The number of carbonyl (C=O) groups is 1. The molecule has 8 heteroatoms. The first kappa shape index (κ1) is 23.9. The number of ether oxygens (including phenoxy) is 2. The number of sulfonamides is 1. The number of hydrogen-bond donors (Lipinski definition) is 1. The maximum atomic E-state index is 12.7. The van der Waals surface area contributed by atoms with E-state index in [9.17, 15) is 13.2 Å². The Labute approximate surface area is 190 Å². The predicted octanol–water partition coefficient (Wildman–Crippen LogP) is 3.97. The zero-order valence-electron chi connectivity index (χ0n) is 19.3. The van der Waals surface area contributed by atoms with Crippen LogP contribution < -0.4 is 19.1 Å². The molecule has 2 aromatic carbocycles. The van der Waals surface area contributed by atoms with Gasteiger partial charge in [0.1, 0.15) is 17.1 Å². The lowest BCUT2D eigenvalue weighted by molar-refractivity contribution is -0.122. The molecule has 0 bridgehead atoms. The smallest absolute Gasteiger partial charge is 0.232 e. The molecule has 7 nitrogen and oxygen atoms in total. The van der Waals surface area contributed by atoms with Crippen LogP contribution >= 0.6 is 0 Å². The molecule has 0 radical (unpaired) electrons. The molecule has 1 amide bonds. The van der Waals surface area contributed by atoms with Crippen LogP contribution in [0.2, 0.25) is 0 Å². The fraction of sp³-hybridized carbons (Fsp3) is 0.458. The van der Waals surface area contributed by atoms with Crippen molar-refractivity contribution in [1.82, 2.24) is 5.32 Å². The van der Waals surface area contributed by atoms with E-state index in [4.69, 9.17) is 9.47 Å². The Balaban J connectivity index is 1.65. The van der Waals surface area contributed by atoms with Gasteiger partial charge in [0.05, 0.1) is 25.1 Å². The second-order valence-electron chi connectivity index (χ2n) is 8.87. The van der Waals surface area contributed by atoms with Crippen LogP contribution in [0.25, 0.3) is 0 Å². The van der Waals surface area contributed by atoms with Crippen molar-refractivity contribution in [2.45, 2.75) is 51.7 Å². The highest BCUT2D eigenvalue weighted by molar-refractivity contribution is 7.92. The van der Waals surface area contributed by atoms with Crippen molar-refractivity contribution >= 4 is 21.6 Å². The molecular weight excluding hydrogens is 428 g/mol. The molecule has 0 fully saturated rings. The third kappa shape index (κ3) is 5.94. The summed E-state index contributed by atoms with van der Waals surface area (Å²) in [6, 6.07) is 12.7. The molecule has 32 heavy (non-hydrogen) atoms. The predicted molar refractivity (Wildman–Crippen MR) is 126 cm³/mol. The lowest BCUT2D eigenvalue weighted by Crippen LogP contribution is -2.41. The first-order valence-electron chi connectivity index (χ1n) is 10.7. The van der Waals surface area contributed by atoms with Crippen molar-refractivity contribution in [1.29, 1.82) is 0 Å². The first-order chi connectivity index (χ1) is 15.0. The molecule has 1 N–H and O–H groups in total. The van der Waals surface area contributed by atoms with Gasteiger partial charge in [0.25, 0.3) is 0 Å². The van der Waals surface area contributed by atoms with Gasteiger partial charge in [-0.3, -0.25) is 9.10 Å². The van der Waals surface area contributed by atoms with Crippen molar-refractivity contribution < 1.29 is 22.7 Å². The summed E-state index contributed by atoms with van der Waals surface area (Å²) >= 11 is 0. The topological polar surface area (TPSA) is 84.9 Å². The zero-order chi connectivity index (χ0) is 23.5. The standard InChI is InChI=1S/C24H32N2O5S/c1-17-11-12-20-21(16-24(2,3)31-22(20)14-17)25-23(27)10-7-13-26(32(5,28)29)18-8-6-9-19(15-18)30-4/h6,8-9,11-12,14-15,21H,7,10,13,16H2,1-5H3,(H,25,27)/t21-/m0/s1. The monoisotopic (exact) mass is 460 g/mol. The first-order valence-corrected chi connectivity index (χ1v) is 12.5. The van der Waals surface area contributed by atoms with E-state index in [2.05, 4.69) is 5.32 Å². The minimum atomic E-state index is -3.50. The number of nitrogens with zero attached hydrogens (tertiary/aromatic N) is 1. The number of amides is 1. The summed E-state index contributed by atoms with van der Waals surface area (Å²) in [6.45, 7) is 6.23. The number of anilines is 1. The maximum absolute atomic E-state index is 12.7. The number of nitrogens with one attached hydrogen (secondary N) is 1. The van der Waals surface area contributed by atoms with Gasteiger partial charge in [0.15, 0.2) is 0 Å². The van der Waals surface area contributed by atoms with Gasteiger partial charge in [0.2, 0.25) is 15.9 Å². The molecule has 0 saturated carbocycles. The van der Waals surface area contributed by atoms with Gasteiger partial charge in [-0.2, -0.15) is 0 Å². The lowest BCUT2D eigenvalue weighted by atomic mass is 9.89. The fourth-order valence-electron chi connectivity index (χ4n) is 3.99. The summed E-state index contributed by atoms with van der Waals surface area (Å²) in [6.07, 6.45) is 2.43. The highest BCUT2D eigenvalue weighted by Crippen LogP contribution is 2.40. The van der Waals surface area contributed by atoms with Crippen LogP contribution in [-0.4, -0.2) is 39.8 Å². The van der Waals surface area contributed by atoms with Gasteiger partial charge in [-0.15, -0.1) is 0 Å². The Morgan fingerprint density at radius 1 is 1.25 bits per heavy atom. The molecule has 0 aliphatic carbocycles. The minimum Gasteiger partial charge on any atom is -0.497 e. The van der Waals surface area contributed by atoms with Gasteiger partial charge in [0, 0.05) is 31.0 Å². The van der Waals surface area contributed by atoms with Crippen molar-refractivity contribution in [3.05, 3.63) is 53.6 Å². The summed E-state index contributed by atoms with van der Waals surface area (Å²) < 4.78 is 37.3. The van der Waals surface area contributed by atoms with Crippen molar-refractivity contribution in [2.24, 2.45) is 0 Å². The minimum absolute atomic E-state index is 0.113. The molecule has 1 atom stereocenters. The molecule has 1 heterocycles. The number of carbonyl (C=O) groups excluding carboxylic acids is 1. The average Bonchev–Trinajstić information content (AvgIpc) is 2.69. The molecule has 0 aromatic heterocycles. The van der Waals surface area contributed by atoms with E-state index in [1.165, 1.54) is 11.4 Å². The van der Waals surface area contributed by atoms with Gasteiger partial charge in [-0.25, -0.2) is 8.42 Å². The van der Waals surface area contributed by atoms with Crippen LogP contribution in [0.4, 0.5) is 5.69 Å². The van der Waals surface area contributed by atoms with E-state index in [1.54, 1.807) is 24.3 Å².